The van der Waals surface area contributed by atoms with Crippen LogP contribution in [-0.4, -0.2) is 11.1 Å². The van der Waals surface area contributed by atoms with Gasteiger partial charge in [0.1, 0.15) is 0 Å². The first kappa shape index (κ1) is 12.2. The summed E-state index contributed by atoms with van der Waals surface area (Å²) in [6, 6.07) is 10.3. The molecule has 92 valence electrons. The Labute approximate surface area is 103 Å². The van der Waals surface area contributed by atoms with E-state index in [0.29, 0.717) is 11.8 Å². The van der Waals surface area contributed by atoms with Gasteiger partial charge >= 0.3 is 5.97 Å². The van der Waals surface area contributed by atoms with E-state index in [-0.39, 0.29) is 11.3 Å². The van der Waals surface area contributed by atoms with Gasteiger partial charge < -0.3 is 5.11 Å². The highest BCUT2D eigenvalue weighted by Gasteiger charge is 2.50. The molecule has 17 heavy (non-hydrogen) atoms. The summed E-state index contributed by atoms with van der Waals surface area (Å²) in [5, 5.41) is 9.33. The molecule has 1 fully saturated rings. The van der Waals surface area contributed by atoms with Crippen LogP contribution in [0.2, 0.25) is 0 Å². The summed E-state index contributed by atoms with van der Waals surface area (Å²) in [6.07, 6.45) is 0.757. The standard InChI is InChI=1S/C15H20O2/c1-10-12(11-7-5-4-6-8-11)9-13(14(16)17)15(10,2)3/h4-8,10,12-13H,9H2,1-3H3,(H,16,17)/t10-,12+,13-/m1/s1. The Morgan fingerprint density at radius 3 is 2.35 bits per heavy atom. The number of aliphatic carboxylic acids is 1. The second-order valence-electron chi connectivity index (χ2n) is 5.75. The number of hydrogen-bond acceptors (Lipinski definition) is 1. The molecule has 2 heteroatoms. The fourth-order valence-corrected chi connectivity index (χ4v) is 3.14. The van der Waals surface area contributed by atoms with Crippen LogP contribution in [0, 0.1) is 17.3 Å². The molecule has 0 heterocycles. The fourth-order valence-electron chi connectivity index (χ4n) is 3.14. The van der Waals surface area contributed by atoms with Crippen molar-refractivity contribution >= 4 is 5.97 Å². The quantitative estimate of drug-likeness (QED) is 0.846. The van der Waals surface area contributed by atoms with Gasteiger partial charge in [-0.05, 0) is 29.2 Å². The molecular weight excluding hydrogens is 212 g/mol. The van der Waals surface area contributed by atoms with E-state index in [1.54, 1.807) is 0 Å². The lowest BCUT2D eigenvalue weighted by Crippen LogP contribution is -2.29. The highest BCUT2D eigenvalue weighted by Crippen LogP contribution is 2.54. The topological polar surface area (TPSA) is 37.3 Å². The number of hydrogen-bond donors (Lipinski definition) is 1. The molecule has 0 amide bonds. The maximum atomic E-state index is 11.3. The van der Waals surface area contributed by atoms with Crippen molar-refractivity contribution in [1.82, 2.24) is 0 Å². The molecule has 0 bridgehead atoms. The third-order valence-electron chi connectivity index (χ3n) is 4.69. The smallest absolute Gasteiger partial charge is 0.307 e. The van der Waals surface area contributed by atoms with Crippen LogP contribution in [-0.2, 0) is 4.79 Å². The van der Waals surface area contributed by atoms with E-state index in [0.717, 1.165) is 6.42 Å². The molecule has 0 spiro atoms. The van der Waals surface area contributed by atoms with Gasteiger partial charge in [-0.2, -0.15) is 0 Å². The minimum atomic E-state index is -0.653. The van der Waals surface area contributed by atoms with Crippen molar-refractivity contribution in [3.63, 3.8) is 0 Å². The Morgan fingerprint density at radius 2 is 1.88 bits per heavy atom. The SMILES string of the molecule is C[C@@H]1[C@@H](c2ccccc2)C[C@H](C(=O)O)C1(C)C. The molecule has 0 saturated heterocycles. The van der Waals surface area contributed by atoms with E-state index in [1.807, 2.05) is 18.2 Å². The van der Waals surface area contributed by atoms with Crippen LogP contribution in [0.15, 0.2) is 30.3 Å². The summed E-state index contributed by atoms with van der Waals surface area (Å²) in [6.45, 7) is 6.35. The molecule has 2 nitrogen and oxygen atoms in total. The average Bonchev–Trinajstić information content (AvgIpc) is 2.52. The zero-order chi connectivity index (χ0) is 12.6. The number of carbonyl (C=O) groups is 1. The Balaban J connectivity index is 2.32. The monoisotopic (exact) mass is 232 g/mol. The second-order valence-corrected chi connectivity index (χ2v) is 5.75. The summed E-state index contributed by atoms with van der Waals surface area (Å²) in [7, 11) is 0. The van der Waals surface area contributed by atoms with Crippen molar-refractivity contribution < 1.29 is 9.90 Å². The lowest BCUT2D eigenvalue weighted by molar-refractivity contribution is -0.145. The predicted molar refractivity (Wildman–Crippen MR) is 67.9 cm³/mol. The Hall–Kier alpha value is -1.31. The molecule has 0 aliphatic heterocycles. The second kappa shape index (κ2) is 4.17. The molecule has 1 aromatic rings. The molecule has 2 rings (SSSR count). The van der Waals surface area contributed by atoms with Gasteiger partial charge in [0, 0.05) is 0 Å². The molecule has 1 N–H and O–H groups in total. The highest BCUT2D eigenvalue weighted by atomic mass is 16.4. The average molecular weight is 232 g/mol. The van der Waals surface area contributed by atoms with Crippen LogP contribution in [0.5, 0.6) is 0 Å². The van der Waals surface area contributed by atoms with Crippen LogP contribution >= 0.6 is 0 Å². The lowest BCUT2D eigenvalue weighted by Gasteiger charge is -2.30. The van der Waals surface area contributed by atoms with Crippen molar-refractivity contribution in [2.45, 2.75) is 33.1 Å². The molecular formula is C15H20O2. The van der Waals surface area contributed by atoms with E-state index in [4.69, 9.17) is 0 Å². The summed E-state index contributed by atoms with van der Waals surface area (Å²) < 4.78 is 0. The van der Waals surface area contributed by atoms with Crippen LogP contribution in [0.3, 0.4) is 0 Å². The molecule has 3 atom stereocenters. The molecule has 1 aliphatic rings. The highest BCUT2D eigenvalue weighted by molar-refractivity contribution is 5.72. The van der Waals surface area contributed by atoms with Crippen LogP contribution in [0.25, 0.3) is 0 Å². The van der Waals surface area contributed by atoms with E-state index in [1.165, 1.54) is 5.56 Å². The molecule has 1 saturated carbocycles. The summed E-state index contributed by atoms with van der Waals surface area (Å²) in [4.78, 5) is 11.3. The summed E-state index contributed by atoms with van der Waals surface area (Å²) in [5.74, 6) is -0.124. The normalized spacial score (nSPS) is 31.4. The van der Waals surface area contributed by atoms with E-state index >= 15 is 0 Å². The number of benzene rings is 1. The van der Waals surface area contributed by atoms with Gasteiger partial charge in [-0.3, -0.25) is 4.79 Å². The number of carboxylic acid groups (broad SMARTS) is 1. The van der Waals surface area contributed by atoms with Gasteiger partial charge in [-0.1, -0.05) is 51.1 Å². The molecule has 0 radical (unpaired) electrons. The lowest BCUT2D eigenvalue weighted by atomic mass is 9.74. The third kappa shape index (κ3) is 1.97. The zero-order valence-corrected chi connectivity index (χ0v) is 10.7. The largest absolute Gasteiger partial charge is 0.481 e. The molecule has 1 aliphatic carbocycles. The Bertz CT molecular complexity index is 408. The molecule has 1 aromatic carbocycles. The van der Waals surface area contributed by atoms with E-state index < -0.39 is 5.97 Å². The van der Waals surface area contributed by atoms with Crippen molar-refractivity contribution in [1.29, 1.82) is 0 Å². The Kier molecular flexibility index (Phi) is 2.98. The van der Waals surface area contributed by atoms with Gasteiger partial charge in [-0.15, -0.1) is 0 Å². The first-order valence-corrected chi connectivity index (χ1v) is 6.22. The number of rotatable bonds is 2. The van der Waals surface area contributed by atoms with E-state index in [9.17, 15) is 9.90 Å². The van der Waals surface area contributed by atoms with Crippen LogP contribution < -0.4 is 0 Å². The maximum Gasteiger partial charge on any atom is 0.307 e. The van der Waals surface area contributed by atoms with Crippen molar-refractivity contribution in [3.05, 3.63) is 35.9 Å². The Morgan fingerprint density at radius 1 is 1.29 bits per heavy atom. The first-order valence-electron chi connectivity index (χ1n) is 6.22. The van der Waals surface area contributed by atoms with Crippen LogP contribution in [0.4, 0.5) is 0 Å². The molecule has 0 unspecified atom stereocenters. The minimum absolute atomic E-state index is 0.133. The van der Waals surface area contributed by atoms with Crippen molar-refractivity contribution in [2.75, 3.05) is 0 Å². The van der Waals surface area contributed by atoms with Gasteiger partial charge in [0.15, 0.2) is 0 Å². The van der Waals surface area contributed by atoms with Gasteiger partial charge in [0.2, 0.25) is 0 Å². The third-order valence-corrected chi connectivity index (χ3v) is 4.69. The van der Waals surface area contributed by atoms with Crippen molar-refractivity contribution in [3.8, 4) is 0 Å². The van der Waals surface area contributed by atoms with Gasteiger partial charge in [-0.25, -0.2) is 0 Å². The first-order chi connectivity index (χ1) is 7.94. The maximum absolute atomic E-state index is 11.3. The van der Waals surface area contributed by atoms with Gasteiger partial charge in [0.05, 0.1) is 5.92 Å². The van der Waals surface area contributed by atoms with Gasteiger partial charge in [0.25, 0.3) is 0 Å². The van der Waals surface area contributed by atoms with Crippen LogP contribution in [0.1, 0.15) is 38.7 Å². The summed E-state index contributed by atoms with van der Waals surface area (Å²) >= 11 is 0. The van der Waals surface area contributed by atoms with Crippen molar-refractivity contribution in [2.24, 2.45) is 17.3 Å². The zero-order valence-electron chi connectivity index (χ0n) is 10.7. The summed E-state index contributed by atoms with van der Waals surface area (Å²) in [5.41, 5.74) is 1.14. The number of carboxylic acids is 1. The minimum Gasteiger partial charge on any atom is -0.481 e. The predicted octanol–water partition coefficient (Wildman–Crippen LogP) is 3.54. The molecule has 0 aromatic heterocycles. The van der Waals surface area contributed by atoms with E-state index in [2.05, 4.69) is 32.9 Å². The fraction of sp³-hybridized carbons (Fsp3) is 0.533.